The number of ether oxygens (including phenoxy) is 2. The molecule has 1 N–H and O–H groups in total. The molecule has 5 fully saturated rings. The lowest BCUT2D eigenvalue weighted by atomic mass is 9.35. The third kappa shape index (κ3) is 1.88. The molecule has 5 nitrogen and oxygen atoms in total. The van der Waals surface area contributed by atoms with Gasteiger partial charge < -0.3 is 14.6 Å². The third-order valence-corrected chi connectivity index (χ3v) is 12.0. The van der Waals surface area contributed by atoms with Gasteiger partial charge in [0.15, 0.2) is 0 Å². The molecule has 184 valence electrons. The Morgan fingerprint density at radius 2 is 2.00 bits per heavy atom. The normalized spacial score (nSPS) is 45.9. The van der Waals surface area contributed by atoms with Crippen molar-refractivity contribution in [2.75, 3.05) is 6.61 Å². The fourth-order valence-corrected chi connectivity index (χ4v) is 10.2. The van der Waals surface area contributed by atoms with Crippen LogP contribution >= 0.6 is 0 Å². The number of nitrogens with zero attached hydrogens (tertiary/aromatic N) is 1. The number of hydrogen-bond acceptors (Lipinski definition) is 4. The first-order valence-corrected chi connectivity index (χ1v) is 13.3. The van der Waals surface area contributed by atoms with Crippen LogP contribution in [0.15, 0.2) is 12.1 Å². The standard InChI is InChI=1S/C29H39NO4/c1-8-33-23(31)30-21-27-12-11-25(6,18(14-27)26(7,32)24(3,4)5)22-29(27)15-28(21,30)13-17-10-9-16(2)20(34-22)19(17)29/h9-10,18,21-22,32H,8,11-15H2,1-7H3/t18?,21-,22?,25?,26?,27?,28+,29-,30?/m0/s1. The number of hydrogen-bond donors (Lipinski definition) is 1. The molecule has 1 aromatic carbocycles. The maximum absolute atomic E-state index is 13.2. The fraction of sp³-hybridized carbons (Fsp3) is 0.759. The number of carbonyl (C=O) groups is 1. The molecule has 2 heterocycles. The molecule has 5 aliphatic carbocycles. The number of carbonyl (C=O) groups excluding carboxylic acids is 1. The average Bonchev–Trinajstić information content (AvgIpc) is 3.11. The zero-order chi connectivity index (χ0) is 24.3. The van der Waals surface area contributed by atoms with E-state index in [1.807, 2.05) is 6.92 Å². The van der Waals surface area contributed by atoms with E-state index in [0.717, 1.165) is 37.9 Å². The third-order valence-electron chi connectivity index (χ3n) is 12.0. The second-order valence-corrected chi connectivity index (χ2v) is 14.0. The van der Waals surface area contributed by atoms with E-state index in [9.17, 15) is 9.90 Å². The Kier molecular flexibility index (Phi) is 3.57. The minimum absolute atomic E-state index is 0.0465. The van der Waals surface area contributed by atoms with E-state index < -0.39 is 5.60 Å². The Labute approximate surface area is 203 Å². The molecule has 1 amide bonds. The van der Waals surface area contributed by atoms with Crippen molar-refractivity contribution < 1.29 is 19.4 Å². The Morgan fingerprint density at radius 3 is 2.68 bits per heavy atom. The molecule has 8 rings (SSSR count). The molecule has 1 saturated heterocycles. The quantitative estimate of drug-likeness (QED) is 0.615. The van der Waals surface area contributed by atoms with Crippen LogP contribution in [-0.4, -0.2) is 46.0 Å². The Bertz CT molecular complexity index is 1150. The number of piperidine rings is 1. The van der Waals surface area contributed by atoms with E-state index in [1.54, 1.807) is 0 Å². The number of aliphatic hydroxyl groups is 1. The molecule has 4 saturated carbocycles. The van der Waals surface area contributed by atoms with Crippen molar-refractivity contribution in [1.29, 1.82) is 0 Å². The van der Waals surface area contributed by atoms with Crippen molar-refractivity contribution in [2.24, 2.45) is 22.2 Å². The van der Waals surface area contributed by atoms with E-state index in [1.165, 1.54) is 16.7 Å². The number of rotatable bonds is 2. The number of benzene rings is 1. The van der Waals surface area contributed by atoms with Crippen molar-refractivity contribution in [3.63, 3.8) is 0 Å². The van der Waals surface area contributed by atoms with Gasteiger partial charge in [-0.15, -0.1) is 0 Å². The summed E-state index contributed by atoms with van der Waals surface area (Å²) in [4.78, 5) is 15.3. The Morgan fingerprint density at radius 1 is 1.26 bits per heavy atom. The topological polar surface area (TPSA) is 58.8 Å². The summed E-state index contributed by atoms with van der Waals surface area (Å²) in [6.45, 7) is 15.4. The van der Waals surface area contributed by atoms with Gasteiger partial charge in [0.2, 0.25) is 0 Å². The van der Waals surface area contributed by atoms with Gasteiger partial charge in [0.25, 0.3) is 0 Å². The van der Waals surface area contributed by atoms with Crippen LogP contribution in [0.25, 0.3) is 0 Å². The predicted molar refractivity (Wildman–Crippen MR) is 129 cm³/mol. The van der Waals surface area contributed by atoms with Crippen molar-refractivity contribution in [1.82, 2.24) is 4.90 Å². The first-order valence-electron chi connectivity index (χ1n) is 13.3. The lowest BCUT2D eigenvalue weighted by Gasteiger charge is -2.69. The van der Waals surface area contributed by atoms with Crippen molar-refractivity contribution in [3.8, 4) is 5.75 Å². The lowest BCUT2D eigenvalue weighted by molar-refractivity contribution is -0.245. The number of amides is 1. The van der Waals surface area contributed by atoms with Crippen LogP contribution in [-0.2, 0) is 16.6 Å². The minimum atomic E-state index is -0.847. The van der Waals surface area contributed by atoms with Gasteiger partial charge in [-0.05, 0) is 75.3 Å². The van der Waals surface area contributed by atoms with Crippen LogP contribution in [0, 0.1) is 29.1 Å². The van der Waals surface area contributed by atoms with Crippen LogP contribution in [0.5, 0.6) is 5.75 Å². The van der Waals surface area contributed by atoms with Gasteiger partial charge in [-0.3, -0.25) is 4.90 Å². The molecule has 5 heteroatoms. The fourth-order valence-electron chi connectivity index (χ4n) is 10.2. The maximum Gasteiger partial charge on any atom is 0.410 e. The zero-order valence-electron chi connectivity index (χ0n) is 21.7. The summed E-state index contributed by atoms with van der Waals surface area (Å²) in [7, 11) is 0. The van der Waals surface area contributed by atoms with Crippen LogP contribution in [0.1, 0.15) is 83.9 Å². The van der Waals surface area contributed by atoms with Gasteiger partial charge in [0.1, 0.15) is 11.9 Å². The second kappa shape index (κ2) is 5.63. The highest BCUT2D eigenvalue weighted by molar-refractivity contribution is 5.78. The maximum atomic E-state index is 13.2. The van der Waals surface area contributed by atoms with Gasteiger partial charge in [-0.25, -0.2) is 4.79 Å². The molecular weight excluding hydrogens is 426 g/mol. The molecule has 0 radical (unpaired) electrons. The molecule has 0 aromatic heterocycles. The van der Waals surface area contributed by atoms with Crippen LogP contribution in [0.2, 0.25) is 0 Å². The monoisotopic (exact) mass is 465 g/mol. The smallest absolute Gasteiger partial charge is 0.410 e. The summed E-state index contributed by atoms with van der Waals surface area (Å²) >= 11 is 0. The summed E-state index contributed by atoms with van der Waals surface area (Å²) in [6.07, 6.45) is 4.85. The second-order valence-electron chi connectivity index (χ2n) is 14.0. The van der Waals surface area contributed by atoms with Gasteiger partial charge in [0.05, 0.1) is 23.8 Å². The van der Waals surface area contributed by atoms with Crippen molar-refractivity contribution in [3.05, 3.63) is 28.8 Å². The molecule has 3 spiro atoms. The Hall–Kier alpha value is -1.75. The van der Waals surface area contributed by atoms with E-state index in [4.69, 9.17) is 9.47 Å². The highest BCUT2D eigenvalue weighted by atomic mass is 16.6. The molecule has 4 bridgehead atoms. The highest BCUT2D eigenvalue weighted by Crippen LogP contribution is 2.86. The SMILES string of the molecule is CCOC(=O)N1[C@H]2C34CCC(C)(C(C(C)(O)C(C)(C)C)C3)C3Oc5c(C)ccc6c5[C@@]34C[C@]21C6. The van der Waals surface area contributed by atoms with Gasteiger partial charge in [-0.1, -0.05) is 39.8 Å². The Balaban J connectivity index is 1.48. The van der Waals surface area contributed by atoms with Crippen LogP contribution < -0.4 is 4.74 Å². The first kappa shape index (κ1) is 21.5. The summed E-state index contributed by atoms with van der Waals surface area (Å²) in [5, 5.41) is 12.1. The minimum Gasteiger partial charge on any atom is -0.488 e. The summed E-state index contributed by atoms with van der Waals surface area (Å²) in [6, 6.07) is 4.68. The summed E-state index contributed by atoms with van der Waals surface area (Å²) in [5.41, 5.74) is 2.52. The summed E-state index contributed by atoms with van der Waals surface area (Å²) < 4.78 is 12.7. The van der Waals surface area contributed by atoms with E-state index >= 15 is 0 Å². The molecule has 1 aromatic rings. The molecule has 5 unspecified atom stereocenters. The molecule has 2 aliphatic heterocycles. The summed E-state index contributed by atoms with van der Waals surface area (Å²) in [5.74, 6) is 1.21. The highest BCUT2D eigenvalue weighted by Gasteiger charge is 2.93. The zero-order valence-corrected chi connectivity index (χ0v) is 21.7. The average molecular weight is 466 g/mol. The lowest BCUT2D eigenvalue weighted by Crippen LogP contribution is -2.73. The van der Waals surface area contributed by atoms with Crippen molar-refractivity contribution in [2.45, 2.75) is 109 Å². The molecule has 7 aliphatic rings. The van der Waals surface area contributed by atoms with E-state index in [-0.39, 0.29) is 51.4 Å². The number of likely N-dealkylation sites (tertiary alicyclic amines) is 1. The van der Waals surface area contributed by atoms with E-state index in [2.05, 4.69) is 58.6 Å². The van der Waals surface area contributed by atoms with Gasteiger partial charge >= 0.3 is 6.09 Å². The van der Waals surface area contributed by atoms with Gasteiger partial charge in [0, 0.05) is 21.8 Å². The molecule has 8 atom stereocenters. The number of aryl methyl sites for hydroxylation is 1. The van der Waals surface area contributed by atoms with Crippen LogP contribution in [0.3, 0.4) is 0 Å². The first-order chi connectivity index (χ1) is 15.8. The molecule has 34 heavy (non-hydrogen) atoms. The van der Waals surface area contributed by atoms with Crippen molar-refractivity contribution >= 4 is 6.09 Å². The molecular formula is C29H39NO4. The largest absolute Gasteiger partial charge is 0.488 e. The predicted octanol–water partition coefficient (Wildman–Crippen LogP) is 5.14. The van der Waals surface area contributed by atoms with Gasteiger partial charge in [-0.2, -0.15) is 0 Å². The van der Waals surface area contributed by atoms with Crippen LogP contribution in [0.4, 0.5) is 4.79 Å². The van der Waals surface area contributed by atoms with E-state index in [0.29, 0.717) is 6.61 Å². The number of fused-ring (bicyclic) bond motifs is 2.